The average molecular weight is 118 g/mol. The fourth-order valence-corrected chi connectivity index (χ4v) is 0.713. The maximum absolute atomic E-state index is 3.82. The van der Waals surface area contributed by atoms with Crippen LogP contribution in [0.5, 0.6) is 0 Å². The van der Waals surface area contributed by atoms with Gasteiger partial charge < -0.3 is 0 Å². The van der Waals surface area contributed by atoms with Gasteiger partial charge in [-0.2, -0.15) is 0 Å². The lowest BCUT2D eigenvalue weighted by Gasteiger charge is -1.92. The highest BCUT2D eigenvalue weighted by molar-refractivity contribution is 5.44. The van der Waals surface area contributed by atoms with Gasteiger partial charge in [0, 0.05) is 0 Å². The molecule has 0 aliphatic heterocycles. The van der Waals surface area contributed by atoms with Crippen LogP contribution in [0.2, 0.25) is 0 Å². The van der Waals surface area contributed by atoms with Gasteiger partial charge in [0.25, 0.3) is 0 Å². The highest BCUT2D eigenvalue weighted by Crippen LogP contribution is 2.12. The van der Waals surface area contributed by atoms with Crippen molar-refractivity contribution in [3.63, 3.8) is 0 Å². The average Bonchev–Trinajstić information content (AvgIpc) is 1.99. The Morgan fingerprint density at radius 1 is 1.00 bits per heavy atom. The molecule has 0 unspecified atom stereocenters. The van der Waals surface area contributed by atoms with Crippen molar-refractivity contribution < 1.29 is 0 Å². The molecule has 0 saturated heterocycles. The zero-order valence-electron chi connectivity index (χ0n) is 5.43. The number of hydrogen-bond donors (Lipinski definition) is 0. The Morgan fingerprint density at radius 2 is 1.44 bits per heavy atom. The molecule has 0 heterocycles. The van der Waals surface area contributed by atoms with Crippen molar-refractivity contribution in [3.05, 3.63) is 48.6 Å². The van der Waals surface area contributed by atoms with Crippen molar-refractivity contribution in [2.45, 2.75) is 6.42 Å². The third-order valence-corrected chi connectivity index (χ3v) is 1.32. The molecule has 1 rings (SSSR count). The summed E-state index contributed by atoms with van der Waals surface area (Å²) in [7, 11) is 0. The minimum atomic E-state index is 0.998. The van der Waals surface area contributed by atoms with Gasteiger partial charge in [0.15, 0.2) is 0 Å². The second-order valence-corrected chi connectivity index (χ2v) is 2.09. The zero-order valence-corrected chi connectivity index (χ0v) is 5.43. The first kappa shape index (κ1) is 6.09. The number of hydrogen-bond acceptors (Lipinski definition) is 0. The largest absolute Gasteiger partial charge is 0.0912 e. The molecule has 0 bridgehead atoms. The highest BCUT2D eigenvalue weighted by atomic mass is 14.0. The summed E-state index contributed by atoms with van der Waals surface area (Å²) >= 11 is 0. The van der Waals surface area contributed by atoms with Crippen molar-refractivity contribution in [2.24, 2.45) is 0 Å². The van der Waals surface area contributed by atoms with E-state index in [-0.39, 0.29) is 0 Å². The van der Waals surface area contributed by atoms with Gasteiger partial charge in [0.1, 0.15) is 0 Å². The molecule has 0 aromatic heterocycles. The molecule has 0 aromatic rings. The molecule has 9 heavy (non-hydrogen) atoms. The normalized spacial score (nSPS) is 18.2. The summed E-state index contributed by atoms with van der Waals surface area (Å²) in [5, 5.41) is 0. The van der Waals surface area contributed by atoms with E-state index < -0.39 is 0 Å². The van der Waals surface area contributed by atoms with Crippen LogP contribution in [0.1, 0.15) is 6.42 Å². The summed E-state index contributed by atoms with van der Waals surface area (Å²) in [6.07, 6.45) is 9.16. The zero-order chi connectivity index (χ0) is 6.69. The Hall–Kier alpha value is -1.04. The number of allylic oxidation sites excluding steroid dienone is 6. The van der Waals surface area contributed by atoms with Crippen LogP contribution in [-0.4, -0.2) is 0 Å². The molecule has 0 spiro atoms. The van der Waals surface area contributed by atoms with Gasteiger partial charge in [0.2, 0.25) is 0 Å². The monoisotopic (exact) mass is 118 g/mol. The first-order chi connectivity index (χ1) is 4.30. The predicted molar refractivity (Wildman–Crippen MR) is 41.2 cm³/mol. The van der Waals surface area contributed by atoms with E-state index in [1.54, 1.807) is 0 Å². The fraction of sp³-hybridized carbons (Fsp3) is 0.111. The molecule has 0 saturated carbocycles. The Kier molecular flexibility index (Phi) is 1.69. The van der Waals surface area contributed by atoms with E-state index in [1.807, 2.05) is 12.2 Å². The fourth-order valence-electron chi connectivity index (χ4n) is 0.713. The molecular formula is C9H10. The van der Waals surface area contributed by atoms with E-state index in [9.17, 15) is 0 Å². The second-order valence-electron chi connectivity index (χ2n) is 2.09. The van der Waals surface area contributed by atoms with Crippen LogP contribution in [0.25, 0.3) is 0 Å². The van der Waals surface area contributed by atoms with E-state index in [0.29, 0.717) is 0 Å². The van der Waals surface area contributed by atoms with Gasteiger partial charge in [-0.05, 0) is 17.6 Å². The Bertz CT molecular complexity index is 170. The van der Waals surface area contributed by atoms with Gasteiger partial charge in [-0.1, -0.05) is 37.5 Å². The van der Waals surface area contributed by atoms with Gasteiger partial charge in [-0.3, -0.25) is 0 Å². The standard InChI is InChI=1S/C9H10/c1-8-6-4-3-5-7-9(8)2/h4-7H,1-3H2. The summed E-state index contributed by atoms with van der Waals surface area (Å²) in [5.74, 6) is 0. The second kappa shape index (κ2) is 2.49. The van der Waals surface area contributed by atoms with Crippen molar-refractivity contribution >= 4 is 0 Å². The Morgan fingerprint density at radius 3 is 1.89 bits per heavy atom. The van der Waals surface area contributed by atoms with E-state index in [1.165, 1.54) is 0 Å². The van der Waals surface area contributed by atoms with Crippen molar-refractivity contribution in [3.8, 4) is 0 Å². The van der Waals surface area contributed by atoms with Crippen LogP contribution in [0.4, 0.5) is 0 Å². The topological polar surface area (TPSA) is 0 Å². The molecule has 0 heteroatoms. The molecule has 0 N–H and O–H groups in total. The molecule has 0 fully saturated rings. The van der Waals surface area contributed by atoms with Crippen molar-refractivity contribution in [1.82, 2.24) is 0 Å². The highest BCUT2D eigenvalue weighted by Gasteiger charge is 1.92. The molecule has 46 valence electrons. The molecule has 0 atom stereocenters. The lowest BCUT2D eigenvalue weighted by molar-refractivity contribution is 1.41. The third-order valence-electron chi connectivity index (χ3n) is 1.32. The van der Waals surface area contributed by atoms with E-state index in [4.69, 9.17) is 0 Å². The summed E-state index contributed by atoms with van der Waals surface area (Å²) in [6.45, 7) is 7.64. The predicted octanol–water partition coefficient (Wildman–Crippen LogP) is 2.61. The molecule has 1 aliphatic rings. The summed E-state index contributed by atoms with van der Waals surface area (Å²) in [5.41, 5.74) is 2.03. The van der Waals surface area contributed by atoms with Crippen LogP contribution in [0.3, 0.4) is 0 Å². The third kappa shape index (κ3) is 1.43. The van der Waals surface area contributed by atoms with Crippen LogP contribution >= 0.6 is 0 Å². The van der Waals surface area contributed by atoms with Crippen LogP contribution in [-0.2, 0) is 0 Å². The lowest BCUT2D eigenvalue weighted by Crippen LogP contribution is -1.73. The molecule has 0 nitrogen and oxygen atoms in total. The van der Waals surface area contributed by atoms with E-state index in [0.717, 1.165) is 17.6 Å². The van der Waals surface area contributed by atoms with Crippen molar-refractivity contribution in [2.75, 3.05) is 0 Å². The smallest absolute Gasteiger partial charge is 0.0163 e. The van der Waals surface area contributed by atoms with Crippen LogP contribution < -0.4 is 0 Å². The van der Waals surface area contributed by atoms with Crippen LogP contribution in [0.15, 0.2) is 48.6 Å². The quantitative estimate of drug-likeness (QED) is 0.458. The minimum Gasteiger partial charge on any atom is -0.0912 e. The molecule has 0 radical (unpaired) electrons. The van der Waals surface area contributed by atoms with Gasteiger partial charge >= 0.3 is 0 Å². The summed E-state index contributed by atoms with van der Waals surface area (Å²) < 4.78 is 0. The van der Waals surface area contributed by atoms with E-state index >= 15 is 0 Å². The van der Waals surface area contributed by atoms with Crippen LogP contribution in [0, 0.1) is 0 Å². The molecule has 0 amide bonds. The summed E-state index contributed by atoms with van der Waals surface area (Å²) in [6, 6.07) is 0. The lowest BCUT2D eigenvalue weighted by atomic mass is 10.1. The van der Waals surface area contributed by atoms with Gasteiger partial charge in [-0.25, -0.2) is 0 Å². The maximum atomic E-state index is 3.82. The maximum Gasteiger partial charge on any atom is -0.0163 e. The van der Waals surface area contributed by atoms with Crippen molar-refractivity contribution in [1.29, 1.82) is 0 Å². The first-order valence-electron chi connectivity index (χ1n) is 3.02. The molecule has 0 aromatic carbocycles. The molecule has 1 aliphatic carbocycles. The minimum absolute atomic E-state index is 0.998. The van der Waals surface area contributed by atoms with Gasteiger partial charge in [0.05, 0.1) is 0 Å². The summed E-state index contributed by atoms with van der Waals surface area (Å²) in [4.78, 5) is 0. The SMILES string of the molecule is C=C1C=CCC=CC1=C. The molecular weight excluding hydrogens is 108 g/mol. The Labute approximate surface area is 55.9 Å². The van der Waals surface area contributed by atoms with E-state index in [2.05, 4.69) is 25.3 Å². The Balaban J connectivity index is 2.86. The first-order valence-corrected chi connectivity index (χ1v) is 3.02. The van der Waals surface area contributed by atoms with Gasteiger partial charge in [-0.15, -0.1) is 0 Å². The number of rotatable bonds is 0.